The molecule has 88 valence electrons. The second-order valence-electron chi connectivity index (χ2n) is 3.67. The van der Waals surface area contributed by atoms with Crippen molar-refractivity contribution in [3.05, 3.63) is 53.6 Å². The van der Waals surface area contributed by atoms with Crippen LogP contribution in [0.5, 0.6) is 5.75 Å². The number of hydrogen-bond donors (Lipinski definition) is 1. The lowest BCUT2D eigenvalue weighted by atomic mass is 10.1. The zero-order valence-corrected chi connectivity index (χ0v) is 10.2. The van der Waals surface area contributed by atoms with Crippen molar-refractivity contribution in [3.8, 4) is 16.9 Å². The number of ether oxygens (including phenoxy) is 1. The maximum Gasteiger partial charge on any atom is 0.119 e. The molecule has 0 aromatic heterocycles. The predicted octanol–water partition coefficient (Wildman–Crippen LogP) is 3.34. The zero-order chi connectivity index (χ0) is 12.1. The molecule has 0 amide bonds. The second-order valence-corrected chi connectivity index (χ2v) is 4.10. The SMILES string of the molecule is NCCOc1ccc(-c2ccc(Cl)cc2)cc1. The third-order valence-corrected chi connectivity index (χ3v) is 2.67. The normalized spacial score (nSPS) is 10.2. The van der Waals surface area contributed by atoms with Gasteiger partial charge in [0.15, 0.2) is 0 Å². The Hall–Kier alpha value is -1.51. The minimum atomic E-state index is 0.527. The fourth-order valence-electron chi connectivity index (χ4n) is 1.56. The summed E-state index contributed by atoms with van der Waals surface area (Å²) in [6.45, 7) is 1.07. The van der Waals surface area contributed by atoms with E-state index in [1.165, 1.54) is 0 Å². The number of halogens is 1. The summed E-state index contributed by atoms with van der Waals surface area (Å²) >= 11 is 5.85. The standard InChI is InChI=1S/C14H14ClNO/c15-13-5-1-11(2-6-13)12-3-7-14(8-4-12)17-10-9-16/h1-8H,9-10,16H2. The van der Waals surface area contributed by atoms with E-state index in [0.717, 1.165) is 21.9 Å². The van der Waals surface area contributed by atoms with E-state index in [2.05, 4.69) is 0 Å². The molecular formula is C14H14ClNO. The van der Waals surface area contributed by atoms with E-state index >= 15 is 0 Å². The molecule has 0 fully saturated rings. The first-order chi connectivity index (χ1) is 8.29. The summed E-state index contributed by atoms with van der Waals surface area (Å²) in [4.78, 5) is 0. The van der Waals surface area contributed by atoms with Crippen molar-refractivity contribution in [2.75, 3.05) is 13.2 Å². The lowest BCUT2D eigenvalue weighted by molar-refractivity contribution is 0.328. The Morgan fingerprint density at radius 1 is 0.882 bits per heavy atom. The van der Waals surface area contributed by atoms with Crippen LogP contribution in [-0.4, -0.2) is 13.2 Å². The summed E-state index contributed by atoms with van der Waals surface area (Å²) in [6.07, 6.45) is 0. The molecule has 0 bridgehead atoms. The van der Waals surface area contributed by atoms with Gasteiger partial charge < -0.3 is 10.5 Å². The topological polar surface area (TPSA) is 35.2 Å². The molecule has 0 saturated heterocycles. The van der Waals surface area contributed by atoms with Gasteiger partial charge in [0.25, 0.3) is 0 Å². The van der Waals surface area contributed by atoms with Crippen LogP contribution in [0, 0.1) is 0 Å². The highest BCUT2D eigenvalue weighted by Gasteiger charge is 1.98. The van der Waals surface area contributed by atoms with Crippen molar-refractivity contribution in [2.45, 2.75) is 0 Å². The quantitative estimate of drug-likeness (QED) is 0.899. The van der Waals surface area contributed by atoms with Crippen LogP contribution in [-0.2, 0) is 0 Å². The van der Waals surface area contributed by atoms with Gasteiger partial charge in [-0.2, -0.15) is 0 Å². The maximum atomic E-state index is 5.85. The number of hydrogen-bond acceptors (Lipinski definition) is 2. The second kappa shape index (κ2) is 5.71. The molecule has 17 heavy (non-hydrogen) atoms. The van der Waals surface area contributed by atoms with Crippen molar-refractivity contribution in [1.82, 2.24) is 0 Å². The van der Waals surface area contributed by atoms with E-state index in [1.807, 2.05) is 48.5 Å². The van der Waals surface area contributed by atoms with Crippen LogP contribution in [0.25, 0.3) is 11.1 Å². The minimum absolute atomic E-state index is 0.527. The first-order valence-electron chi connectivity index (χ1n) is 5.48. The minimum Gasteiger partial charge on any atom is -0.492 e. The van der Waals surface area contributed by atoms with Gasteiger partial charge in [-0.05, 0) is 35.4 Å². The molecule has 3 heteroatoms. The lowest BCUT2D eigenvalue weighted by Crippen LogP contribution is -2.10. The van der Waals surface area contributed by atoms with E-state index in [0.29, 0.717) is 13.2 Å². The molecule has 2 rings (SSSR count). The Morgan fingerprint density at radius 3 is 1.94 bits per heavy atom. The van der Waals surface area contributed by atoms with Crippen LogP contribution in [0.2, 0.25) is 5.02 Å². The molecule has 2 nitrogen and oxygen atoms in total. The Morgan fingerprint density at radius 2 is 1.41 bits per heavy atom. The molecule has 0 saturated carbocycles. The molecular weight excluding hydrogens is 234 g/mol. The molecule has 2 aromatic rings. The first kappa shape index (κ1) is 12.0. The Bertz CT molecular complexity index is 465. The van der Waals surface area contributed by atoms with E-state index < -0.39 is 0 Å². The lowest BCUT2D eigenvalue weighted by Gasteiger charge is -2.06. The average Bonchev–Trinajstić information content (AvgIpc) is 2.38. The molecule has 0 heterocycles. The molecule has 2 N–H and O–H groups in total. The summed E-state index contributed by atoms with van der Waals surface area (Å²) in [7, 11) is 0. The fourth-order valence-corrected chi connectivity index (χ4v) is 1.69. The Kier molecular flexibility index (Phi) is 4.02. The average molecular weight is 248 g/mol. The number of rotatable bonds is 4. The van der Waals surface area contributed by atoms with Gasteiger partial charge in [-0.3, -0.25) is 0 Å². The highest BCUT2D eigenvalue weighted by atomic mass is 35.5. The van der Waals surface area contributed by atoms with Gasteiger partial charge in [0, 0.05) is 11.6 Å². The number of benzene rings is 2. The molecule has 0 spiro atoms. The third-order valence-electron chi connectivity index (χ3n) is 2.42. The van der Waals surface area contributed by atoms with Gasteiger partial charge in [0.1, 0.15) is 12.4 Å². The molecule has 0 radical (unpaired) electrons. The monoisotopic (exact) mass is 247 g/mol. The third kappa shape index (κ3) is 3.22. The maximum absolute atomic E-state index is 5.85. The van der Waals surface area contributed by atoms with Crippen LogP contribution < -0.4 is 10.5 Å². The smallest absolute Gasteiger partial charge is 0.119 e. The Labute approximate surface area is 106 Å². The summed E-state index contributed by atoms with van der Waals surface area (Å²) in [5.74, 6) is 0.841. The fraction of sp³-hybridized carbons (Fsp3) is 0.143. The van der Waals surface area contributed by atoms with Crippen LogP contribution in [0.4, 0.5) is 0 Å². The van der Waals surface area contributed by atoms with E-state index in [9.17, 15) is 0 Å². The van der Waals surface area contributed by atoms with Crippen molar-refractivity contribution < 1.29 is 4.74 Å². The van der Waals surface area contributed by atoms with Crippen molar-refractivity contribution in [2.24, 2.45) is 5.73 Å². The van der Waals surface area contributed by atoms with Gasteiger partial charge in [-0.15, -0.1) is 0 Å². The predicted molar refractivity (Wildman–Crippen MR) is 71.4 cm³/mol. The molecule has 0 aliphatic heterocycles. The van der Waals surface area contributed by atoms with Crippen LogP contribution >= 0.6 is 11.6 Å². The highest BCUT2D eigenvalue weighted by Crippen LogP contribution is 2.23. The largest absolute Gasteiger partial charge is 0.492 e. The molecule has 0 atom stereocenters. The van der Waals surface area contributed by atoms with Gasteiger partial charge in [0.05, 0.1) is 0 Å². The summed E-state index contributed by atoms with van der Waals surface area (Å²) in [5, 5.41) is 0.747. The van der Waals surface area contributed by atoms with Crippen LogP contribution in [0.1, 0.15) is 0 Å². The van der Waals surface area contributed by atoms with E-state index in [-0.39, 0.29) is 0 Å². The Balaban J connectivity index is 2.14. The van der Waals surface area contributed by atoms with E-state index in [1.54, 1.807) is 0 Å². The van der Waals surface area contributed by atoms with Crippen molar-refractivity contribution in [1.29, 1.82) is 0 Å². The summed E-state index contributed by atoms with van der Waals surface area (Å²) in [5.41, 5.74) is 7.65. The number of nitrogens with two attached hydrogens (primary N) is 1. The van der Waals surface area contributed by atoms with Crippen LogP contribution in [0.3, 0.4) is 0 Å². The van der Waals surface area contributed by atoms with Crippen molar-refractivity contribution in [3.63, 3.8) is 0 Å². The molecule has 0 aliphatic carbocycles. The highest BCUT2D eigenvalue weighted by molar-refractivity contribution is 6.30. The van der Waals surface area contributed by atoms with Gasteiger partial charge in [-0.25, -0.2) is 0 Å². The van der Waals surface area contributed by atoms with Gasteiger partial charge in [-0.1, -0.05) is 35.9 Å². The van der Waals surface area contributed by atoms with Crippen molar-refractivity contribution >= 4 is 11.6 Å². The van der Waals surface area contributed by atoms with Gasteiger partial charge in [0.2, 0.25) is 0 Å². The van der Waals surface area contributed by atoms with E-state index in [4.69, 9.17) is 22.1 Å². The molecule has 0 aliphatic rings. The first-order valence-corrected chi connectivity index (χ1v) is 5.86. The zero-order valence-electron chi connectivity index (χ0n) is 9.40. The molecule has 2 aromatic carbocycles. The summed E-state index contributed by atoms with van der Waals surface area (Å²) < 4.78 is 5.42. The van der Waals surface area contributed by atoms with Crippen LogP contribution in [0.15, 0.2) is 48.5 Å². The molecule has 0 unspecified atom stereocenters. The summed E-state index contributed by atoms with van der Waals surface area (Å²) in [6, 6.07) is 15.7. The van der Waals surface area contributed by atoms with Gasteiger partial charge >= 0.3 is 0 Å².